The zero-order chi connectivity index (χ0) is 67.3. The number of benzene rings is 10. The van der Waals surface area contributed by atoms with E-state index in [9.17, 15) is 0 Å². The molecule has 480 valence electrons. The highest BCUT2D eigenvalue weighted by molar-refractivity contribution is 5.39. The fourth-order valence-corrected chi connectivity index (χ4v) is 8.43. The first-order valence-electron chi connectivity index (χ1n) is 31.9. The van der Waals surface area contributed by atoms with Gasteiger partial charge >= 0.3 is 0 Å². The van der Waals surface area contributed by atoms with Crippen LogP contribution in [0.15, 0.2) is 218 Å². The van der Waals surface area contributed by atoms with Crippen LogP contribution in [0.25, 0.3) is 0 Å². The molecule has 0 nitrogen and oxygen atoms in total. The third-order valence-corrected chi connectivity index (χ3v) is 14.9. The summed E-state index contributed by atoms with van der Waals surface area (Å²) in [4.78, 5) is 0. The van der Waals surface area contributed by atoms with Gasteiger partial charge in [0.05, 0.1) is 0 Å². The van der Waals surface area contributed by atoms with Gasteiger partial charge in [-0.1, -0.05) is 298 Å². The van der Waals surface area contributed by atoms with Crippen LogP contribution in [0.4, 0.5) is 0 Å². The van der Waals surface area contributed by atoms with E-state index >= 15 is 0 Å². The molecule has 0 bridgehead atoms. The molecule has 0 aromatic heterocycles. The molecule has 10 aromatic carbocycles. The van der Waals surface area contributed by atoms with Crippen molar-refractivity contribution < 1.29 is 0 Å². The van der Waals surface area contributed by atoms with Gasteiger partial charge < -0.3 is 0 Å². The van der Waals surface area contributed by atoms with Gasteiger partial charge in [0.2, 0.25) is 0 Å². The van der Waals surface area contributed by atoms with Crippen molar-refractivity contribution >= 4 is 0 Å². The van der Waals surface area contributed by atoms with Gasteiger partial charge in [0.25, 0.3) is 0 Å². The number of aryl methyl sites for hydroxylation is 20. The van der Waals surface area contributed by atoms with E-state index in [4.69, 9.17) is 0 Å². The number of hydrogen-bond donors (Lipinski definition) is 0. The van der Waals surface area contributed by atoms with Crippen molar-refractivity contribution in [3.05, 3.63) is 352 Å². The molecule has 0 saturated carbocycles. The summed E-state index contributed by atoms with van der Waals surface area (Å²) in [6.07, 6.45) is 0. The SMILES string of the molecule is C.CC.CC.Cc1cc(C)c(C)c(C)c1.Cc1cc(C)c(C)cc1C.Cc1cc(C)cc(C)c1.Cc1ccc(C)c(C)c1.Cc1ccc(C)c(C)c1C.Cc1cccc(C)c1C.Cc1ccccc1.Cc1ccccc1.Cc1ccccc1.c1ccccc1. The highest BCUT2D eigenvalue weighted by atomic mass is 14.0. The largest absolute Gasteiger partial charge is 0.0776 e. The normalized spacial score (nSPS) is 9.03. The Labute approximate surface area is 550 Å². The minimum Gasteiger partial charge on any atom is -0.0776 e. The molecule has 0 N–H and O–H groups in total. The fourth-order valence-electron chi connectivity index (χ4n) is 8.43. The van der Waals surface area contributed by atoms with Crippen LogP contribution in [-0.4, -0.2) is 0 Å². The summed E-state index contributed by atoms with van der Waals surface area (Å²) in [7, 11) is 0. The van der Waals surface area contributed by atoms with Crippen molar-refractivity contribution in [3.8, 4) is 0 Å². The van der Waals surface area contributed by atoms with E-state index in [-0.39, 0.29) is 7.43 Å². The molecule has 0 radical (unpaired) electrons. The van der Waals surface area contributed by atoms with Crippen molar-refractivity contribution in [2.24, 2.45) is 0 Å². The monoisotopic (exact) mass is 1190 g/mol. The lowest BCUT2D eigenvalue weighted by Crippen LogP contribution is -1.88. The lowest BCUT2D eigenvalue weighted by Gasteiger charge is -2.06. The van der Waals surface area contributed by atoms with Gasteiger partial charge in [-0.05, 0) is 255 Å². The quantitative estimate of drug-likeness (QED) is 0.142. The first kappa shape index (κ1) is 85.4. The maximum Gasteiger partial charge on any atom is -0.0392 e. The van der Waals surface area contributed by atoms with Crippen LogP contribution in [-0.2, 0) is 0 Å². The lowest BCUT2D eigenvalue weighted by molar-refractivity contribution is 1.22. The van der Waals surface area contributed by atoms with E-state index in [1.165, 1.54) is 134 Å². The third-order valence-electron chi connectivity index (χ3n) is 14.9. The molecule has 0 fully saturated rings. The summed E-state index contributed by atoms with van der Waals surface area (Å²) in [5.41, 5.74) is 33.1. The minimum absolute atomic E-state index is 0. The highest BCUT2D eigenvalue weighted by Gasteiger charge is 1.99. The van der Waals surface area contributed by atoms with Crippen LogP contribution in [0, 0.1) is 166 Å². The van der Waals surface area contributed by atoms with E-state index in [0.29, 0.717) is 0 Å². The molecule has 0 heterocycles. The highest BCUT2D eigenvalue weighted by Crippen LogP contribution is 2.17. The van der Waals surface area contributed by atoms with Crippen molar-refractivity contribution in [2.45, 2.75) is 201 Å². The van der Waals surface area contributed by atoms with Crippen molar-refractivity contribution in [3.63, 3.8) is 0 Å². The van der Waals surface area contributed by atoms with E-state index in [0.717, 1.165) is 0 Å². The molecule has 10 aromatic rings. The van der Waals surface area contributed by atoms with Crippen molar-refractivity contribution in [1.29, 1.82) is 0 Å². The Morgan fingerprint density at radius 3 is 0.584 bits per heavy atom. The second kappa shape index (κ2) is 50.1. The van der Waals surface area contributed by atoms with Crippen LogP contribution in [0.1, 0.15) is 169 Å². The van der Waals surface area contributed by atoms with Crippen LogP contribution >= 0.6 is 0 Å². The second-order valence-corrected chi connectivity index (χ2v) is 22.9. The van der Waals surface area contributed by atoms with Gasteiger partial charge in [0, 0.05) is 0 Å². The molecule has 89 heavy (non-hydrogen) atoms. The molecule has 10 rings (SSSR count). The molecule has 0 heteroatoms. The zero-order valence-corrected chi connectivity index (χ0v) is 60.8. The standard InChI is InChI=1S/3C10H14.3C9H12.3C7H8.C6H6.2C2H6.CH4/c1-7-5-9(3)10(4)6-8(7)2;1-7-5-8(2)10(4)9(3)6-7;1-7-5-6-8(2)10(4)9(7)3;1-7-4-8(2)6-9(3)5-7;1-7-4-5-8(2)9(3)6-7;1-7-5-4-6-8(2)9(7)3;3*1-7-5-3-2-4-6-7;1-2-4-6-5-3-1;2*1-2;/h3*5-6H,1-4H3;3*4-6H,1-3H3;3*2-6H,1H3;1-6H;2*1-2H3;1H4. The maximum atomic E-state index is 2.24. The Morgan fingerprint density at radius 1 is 0.135 bits per heavy atom. The van der Waals surface area contributed by atoms with Crippen LogP contribution in [0.3, 0.4) is 0 Å². The van der Waals surface area contributed by atoms with Crippen LogP contribution in [0.5, 0.6) is 0 Å². The lowest BCUT2D eigenvalue weighted by atomic mass is 10.0. The van der Waals surface area contributed by atoms with Crippen LogP contribution < -0.4 is 0 Å². The second-order valence-electron chi connectivity index (χ2n) is 22.9. The van der Waals surface area contributed by atoms with Crippen LogP contribution in [0.2, 0.25) is 0 Å². The van der Waals surface area contributed by atoms with Crippen molar-refractivity contribution in [2.75, 3.05) is 0 Å². The summed E-state index contributed by atoms with van der Waals surface area (Å²) in [5.74, 6) is 0. The van der Waals surface area contributed by atoms with Gasteiger partial charge in [-0.25, -0.2) is 0 Å². The summed E-state index contributed by atoms with van der Waals surface area (Å²) < 4.78 is 0. The molecular formula is C89H124. The number of rotatable bonds is 0. The summed E-state index contributed by atoms with van der Waals surface area (Å²) in [5, 5.41) is 0. The molecule has 0 amide bonds. The molecular weight excluding hydrogens is 1070 g/mol. The maximum absolute atomic E-state index is 2.24. The molecule has 0 saturated heterocycles. The predicted octanol–water partition coefficient (Wildman–Crippen LogP) is 27.0. The Morgan fingerprint density at radius 2 is 0.348 bits per heavy atom. The zero-order valence-electron chi connectivity index (χ0n) is 60.8. The van der Waals surface area contributed by atoms with Crippen molar-refractivity contribution in [1.82, 2.24) is 0 Å². The smallest absolute Gasteiger partial charge is 0.0392 e. The fraction of sp³-hybridized carbons (Fsp3) is 0.326. The predicted molar refractivity (Wildman–Crippen MR) is 408 cm³/mol. The minimum atomic E-state index is 0. The molecule has 0 aliphatic heterocycles. The van der Waals surface area contributed by atoms with E-state index < -0.39 is 0 Å². The summed E-state index contributed by atoms with van der Waals surface area (Å²) in [6, 6.07) is 75.5. The molecule has 0 aliphatic rings. The Hall–Kier alpha value is -7.80. The summed E-state index contributed by atoms with van der Waals surface area (Å²) >= 11 is 0. The van der Waals surface area contributed by atoms with Gasteiger partial charge in [0.15, 0.2) is 0 Å². The average molecular weight is 1190 g/mol. The Kier molecular flexibility index (Phi) is 48.1. The summed E-state index contributed by atoms with van der Waals surface area (Å²) in [6.45, 7) is 59.4. The first-order chi connectivity index (χ1) is 41.6. The first-order valence-corrected chi connectivity index (χ1v) is 31.9. The Bertz CT molecular complexity index is 3090. The van der Waals surface area contributed by atoms with Gasteiger partial charge in [0.1, 0.15) is 0 Å². The number of hydrogen-bond acceptors (Lipinski definition) is 0. The molecule has 0 atom stereocenters. The topological polar surface area (TPSA) is 0 Å². The van der Waals surface area contributed by atoms with Gasteiger partial charge in [-0.3, -0.25) is 0 Å². The van der Waals surface area contributed by atoms with Gasteiger partial charge in [-0.15, -0.1) is 0 Å². The average Bonchev–Trinajstić information content (AvgIpc) is 3.61. The third kappa shape index (κ3) is 40.4. The molecule has 0 aliphatic carbocycles. The van der Waals surface area contributed by atoms with E-state index in [1.54, 1.807) is 0 Å². The van der Waals surface area contributed by atoms with Gasteiger partial charge in [-0.2, -0.15) is 0 Å². The molecule has 0 unspecified atom stereocenters. The van der Waals surface area contributed by atoms with E-state index in [2.05, 4.69) is 294 Å². The Balaban J connectivity index is -0.000000919. The molecule has 0 spiro atoms. The van der Waals surface area contributed by atoms with E-state index in [1.807, 2.05) is 119 Å².